The van der Waals surface area contributed by atoms with Gasteiger partial charge in [0.2, 0.25) is 6.29 Å². The van der Waals surface area contributed by atoms with Crippen molar-refractivity contribution in [3.63, 3.8) is 0 Å². The third kappa shape index (κ3) is 5.80. The van der Waals surface area contributed by atoms with Crippen LogP contribution in [0.1, 0.15) is 11.1 Å². The van der Waals surface area contributed by atoms with E-state index in [9.17, 15) is 0 Å². The summed E-state index contributed by atoms with van der Waals surface area (Å²) in [6.45, 7) is 7.92. The van der Waals surface area contributed by atoms with Crippen LogP contribution in [0.5, 0.6) is 23.0 Å². The molecule has 0 bridgehead atoms. The number of aryl methyl sites for hydroxylation is 2. The molecule has 2 aromatic rings. The molecular weight excluding hydrogens is 318 g/mol. The summed E-state index contributed by atoms with van der Waals surface area (Å²) >= 11 is 0. The molecule has 2 aromatic carbocycles. The molecule has 0 spiro atoms. The second-order valence-corrected chi connectivity index (χ2v) is 5.26. The maximum absolute atomic E-state index is 5.39. The molecule has 1 saturated heterocycles. The van der Waals surface area contributed by atoms with Crippen LogP contribution in [0.3, 0.4) is 0 Å². The molecule has 1 atom stereocenters. The number of benzene rings is 2. The highest BCUT2D eigenvalue weighted by atomic mass is 16.8. The summed E-state index contributed by atoms with van der Waals surface area (Å²) in [7, 11) is 10.1. The van der Waals surface area contributed by atoms with E-state index in [1.54, 1.807) is 24.3 Å². The van der Waals surface area contributed by atoms with Crippen molar-refractivity contribution < 1.29 is 23.5 Å². The van der Waals surface area contributed by atoms with Crippen LogP contribution >= 0.6 is 0 Å². The Labute approximate surface area is 150 Å². The van der Waals surface area contributed by atoms with Crippen molar-refractivity contribution in [3.8, 4) is 23.0 Å². The maximum Gasteiger partial charge on any atom is 0.374 e. The van der Waals surface area contributed by atoms with Gasteiger partial charge in [0.25, 0.3) is 0 Å². The Balaban J connectivity index is 0.000000181. The molecule has 0 amide bonds. The summed E-state index contributed by atoms with van der Waals surface area (Å²) in [5.41, 5.74) is 1.87. The van der Waals surface area contributed by atoms with Gasteiger partial charge in [-0.05, 0) is 61.4 Å². The smallest absolute Gasteiger partial charge is 0.374 e. The maximum atomic E-state index is 5.39. The summed E-state index contributed by atoms with van der Waals surface area (Å²) in [5.74, 6) is 2.81. The zero-order valence-electron chi connectivity index (χ0n) is 14.2. The second kappa shape index (κ2) is 9.08. The lowest BCUT2D eigenvalue weighted by molar-refractivity contribution is 0.179. The quantitative estimate of drug-likeness (QED) is 0.461. The monoisotopic (exact) mass is 336 g/mol. The van der Waals surface area contributed by atoms with Crippen LogP contribution in [-0.2, 0) is 4.74 Å². The number of ether oxygens (including phenoxy) is 3. The third-order valence-corrected chi connectivity index (χ3v) is 3.34. The molecule has 25 heavy (non-hydrogen) atoms. The largest absolute Gasteiger partial charge is 0.568 e. The summed E-state index contributed by atoms with van der Waals surface area (Å²) in [6.07, 6.45) is 1.31. The van der Waals surface area contributed by atoms with E-state index in [2.05, 4.69) is 15.9 Å². The summed E-state index contributed by atoms with van der Waals surface area (Å²) in [5, 5.41) is 0. The van der Waals surface area contributed by atoms with E-state index in [1.807, 2.05) is 26.0 Å². The standard InChI is InChI=1S/C9H9BO3.C9H9BO2/c1-6-4-7(12-9-5-11-9)2-3-8(6)13-10;1-3-11-8-4-5-9(12-10)7(2)6-8/h2-4,9H,5H2,1H3;3-6H,1H2,2H3. The molecule has 5 nitrogen and oxygen atoms in total. The van der Waals surface area contributed by atoms with Gasteiger partial charge in [-0.1, -0.05) is 6.58 Å². The van der Waals surface area contributed by atoms with E-state index in [0.29, 0.717) is 18.1 Å². The van der Waals surface area contributed by atoms with Crippen LogP contribution in [0.4, 0.5) is 0 Å². The van der Waals surface area contributed by atoms with Gasteiger partial charge in [0, 0.05) is 0 Å². The summed E-state index contributed by atoms with van der Waals surface area (Å²) in [4.78, 5) is 0. The predicted molar refractivity (Wildman–Crippen MR) is 96.3 cm³/mol. The molecule has 1 unspecified atom stereocenters. The Morgan fingerprint density at radius 3 is 1.96 bits per heavy atom. The van der Waals surface area contributed by atoms with Crippen molar-refractivity contribution in [3.05, 3.63) is 60.4 Å². The molecule has 7 heteroatoms. The van der Waals surface area contributed by atoms with Crippen molar-refractivity contribution in [2.75, 3.05) is 6.61 Å². The van der Waals surface area contributed by atoms with Crippen molar-refractivity contribution in [1.29, 1.82) is 0 Å². The fourth-order valence-corrected chi connectivity index (χ4v) is 2.01. The van der Waals surface area contributed by atoms with E-state index in [4.69, 9.17) is 30.3 Å². The molecule has 1 heterocycles. The normalized spacial score (nSPS) is 14.6. The van der Waals surface area contributed by atoms with Gasteiger partial charge in [0.1, 0.15) is 29.6 Å². The molecule has 1 aliphatic rings. The third-order valence-electron chi connectivity index (χ3n) is 3.34. The SMILES string of the molecule is [B]Oc1ccc(OC2CO2)cc1C.[B]Oc1ccc(OC=C)cc1C. The van der Waals surface area contributed by atoms with E-state index < -0.39 is 0 Å². The van der Waals surface area contributed by atoms with E-state index in [-0.39, 0.29) is 6.29 Å². The first kappa shape index (κ1) is 18.8. The lowest BCUT2D eigenvalue weighted by Crippen LogP contribution is -1.98. The highest BCUT2D eigenvalue weighted by Gasteiger charge is 2.24. The number of rotatable bonds is 6. The van der Waals surface area contributed by atoms with Crippen molar-refractivity contribution in [2.24, 2.45) is 0 Å². The highest BCUT2D eigenvalue weighted by Crippen LogP contribution is 2.25. The zero-order chi connectivity index (χ0) is 18.2. The summed E-state index contributed by atoms with van der Waals surface area (Å²) < 4.78 is 24.6. The molecular formula is C18H18B2O5. The van der Waals surface area contributed by atoms with Crippen LogP contribution in [-0.4, -0.2) is 29.0 Å². The van der Waals surface area contributed by atoms with Crippen LogP contribution in [0.15, 0.2) is 49.2 Å². The molecule has 0 saturated carbocycles. The minimum Gasteiger partial charge on any atom is -0.568 e. The van der Waals surface area contributed by atoms with E-state index >= 15 is 0 Å². The van der Waals surface area contributed by atoms with Crippen molar-refractivity contribution in [2.45, 2.75) is 20.1 Å². The van der Waals surface area contributed by atoms with Gasteiger partial charge in [-0.3, -0.25) is 0 Å². The van der Waals surface area contributed by atoms with Gasteiger partial charge in [0.15, 0.2) is 0 Å². The van der Waals surface area contributed by atoms with Crippen LogP contribution < -0.4 is 18.8 Å². The van der Waals surface area contributed by atoms with Crippen LogP contribution in [0.25, 0.3) is 0 Å². The topological polar surface area (TPSA) is 49.5 Å². The fraction of sp³-hybridized carbons (Fsp3) is 0.222. The average molecular weight is 336 g/mol. The van der Waals surface area contributed by atoms with E-state index in [0.717, 1.165) is 22.6 Å². The van der Waals surface area contributed by atoms with Crippen LogP contribution in [0, 0.1) is 13.8 Å². The molecule has 1 aliphatic heterocycles. The van der Waals surface area contributed by atoms with Gasteiger partial charge in [-0.2, -0.15) is 0 Å². The van der Waals surface area contributed by atoms with Gasteiger partial charge >= 0.3 is 16.1 Å². The van der Waals surface area contributed by atoms with Gasteiger partial charge in [-0.15, -0.1) is 0 Å². The minimum absolute atomic E-state index is 0.0657. The number of epoxide rings is 1. The molecule has 3 rings (SSSR count). The molecule has 1 fully saturated rings. The minimum atomic E-state index is -0.0657. The molecule has 0 N–H and O–H groups in total. The summed E-state index contributed by atoms with van der Waals surface area (Å²) in [6, 6.07) is 10.8. The molecule has 4 radical (unpaired) electrons. The van der Waals surface area contributed by atoms with Crippen molar-refractivity contribution >= 4 is 16.1 Å². The van der Waals surface area contributed by atoms with E-state index in [1.165, 1.54) is 6.26 Å². The van der Waals surface area contributed by atoms with Crippen LogP contribution in [0.2, 0.25) is 0 Å². The second-order valence-electron chi connectivity index (χ2n) is 5.26. The Morgan fingerprint density at radius 2 is 1.52 bits per heavy atom. The van der Waals surface area contributed by atoms with Gasteiger partial charge < -0.3 is 23.5 Å². The molecule has 0 aliphatic carbocycles. The zero-order valence-corrected chi connectivity index (χ0v) is 14.2. The Bertz CT molecular complexity index is 717. The first-order valence-electron chi connectivity index (χ1n) is 7.58. The number of hydrogen-bond donors (Lipinski definition) is 0. The predicted octanol–water partition coefficient (Wildman–Crippen LogP) is 3.17. The Hall–Kier alpha value is -2.53. The highest BCUT2D eigenvalue weighted by molar-refractivity contribution is 6.00. The Morgan fingerprint density at radius 1 is 1.00 bits per heavy atom. The first-order valence-corrected chi connectivity index (χ1v) is 7.58. The molecule has 126 valence electrons. The van der Waals surface area contributed by atoms with Gasteiger partial charge in [-0.25, -0.2) is 0 Å². The van der Waals surface area contributed by atoms with Crippen molar-refractivity contribution in [1.82, 2.24) is 0 Å². The fourth-order valence-electron chi connectivity index (χ4n) is 2.01. The lowest BCUT2D eigenvalue weighted by atomic mass is 10.2. The first-order chi connectivity index (χ1) is 12.1. The molecule has 0 aromatic heterocycles. The average Bonchev–Trinajstić information content (AvgIpc) is 3.40. The Kier molecular flexibility index (Phi) is 6.83. The number of hydrogen-bond acceptors (Lipinski definition) is 5. The lowest BCUT2D eigenvalue weighted by Gasteiger charge is -2.07. The van der Waals surface area contributed by atoms with Gasteiger partial charge in [0.05, 0.1) is 6.26 Å².